The first-order valence-corrected chi connectivity index (χ1v) is 8.12. The van der Waals surface area contributed by atoms with Gasteiger partial charge in [-0.15, -0.1) is 0 Å². The van der Waals surface area contributed by atoms with Crippen LogP contribution < -0.4 is 10.2 Å². The van der Waals surface area contributed by atoms with E-state index in [9.17, 15) is 9.18 Å². The first kappa shape index (κ1) is 14.4. The number of pyridine rings is 1. The van der Waals surface area contributed by atoms with Gasteiger partial charge in [-0.25, -0.2) is 9.37 Å². The molecule has 2 aliphatic heterocycles. The molecule has 7 heteroatoms. The third-order valence-corrected chi connectivity index (χ3v) is 4.66. The predicted molar refractivity (Wildman–Crippen MR) is 90.3 cm³/mol. The fourth-order valence-electron chi connectivity index (χ4n) is 3.28. The van der Waals surface area contributed by atoms with Crippen molar-refractivity contribution >= 4 is 23.1 Å². The Morgan fingerprint density at radius 2 is 2.12 bits per heavy atom. The largest absolute Gasteiger partial charge is 0.377 e. The van der Waals surface area contributed by atoms with Gasteiger partial charge in [0.25, 0.3) is 5.91 Å². The number of rotatable bonds is 3. The van der Waals surface area contributed by atoms with Crippen LogP contribution in [0.15, 0.2) is 42.7 Å². The highest BCUT2D eigenvalue weighted by molar-refractivity contribution is 6.13. The Morgan fingerprint density at radius 1 is 1.24 bits per heavy atom. The number of benzene rings is 1. The van der Waals surface area contributed by atoms with Gasteiger partial charge in [0.1, 0.15) is 11.5 Å². The monoisotopic (exact) mass is 338 g/mol. The van der Waals surface area contributed by atoms with Gasteiger partial charge in [-0.1, -0.05) is 6.07 Å². The van der Waals surface area contributed by atoms with Crippen LogP contribution in [0, 0.1) is 5.82 Å². The number of nitrogens with one attached hydrogen (secondary N) is 1. The number of aromatic nitrogens is 2. The number of amides is 1. The lowest BCUT2D eigenvalue weighted by Gasteiger charge is -2.28. The van der Waals surface area contributed by atoms with E-state index in [1.165, 1.54) is 11.0 Å². The zero-order chi connectivity index (χ0) is 17.0. The van der Waals surface area contributed by atoms with Crippen molar-refractivity contribution in [2.75, 3.05) is 23.4 Å². The molecule has 1 saturated heterocycles. The summed E-state index contributed by atoms with van der Waals surface area (Å²) in [6, 6.07) is 8.82. The van der Waals surface area contributed by atoms with E-state index in [0.29, 0.717) is 35.8 Å². The number of hydrogen-bond donors (Lipinski definition) is 1. The molecule has 0 aliphatic carbocycles. The summed E-state index contributed by atoms with van der Waals surface area (Å²) in [5.74, 6) is -0.0876. The lowest BCUT2D eigenvalue weighted by atomic mass is 10.1. The molecule has 1 N–H and O–H groups in total. The van der Waals surface area contributed by atoms with Crippen molar-refractivity contribution in [2.45, 2.75) is 12.6 Å². The minimum atomic E-state index is -0.370. The topological polar surface area (TPSA) is 58.9 Å². The number of ether oxygens (including phenoxy) is 1. The van der Waals surface area contributed by atoms with Crippen molar-refractivity contribution in [2.24, 2.45) is 0 Å². The van der Waals surface area contributed by atoms with E-state index in [0.717, 1.165) is 5.65 Å². The van der Waals surface area contributed by atoms with Gasteiger partial charge in [0.05, 0.1) is 37.6 Å². The van der Waals surface area contributed by atoms with Crippen LogP contribution in [0.3, 0.4) is 0 Å². The van der Waals surface area contributed by atoms with Crippen molar-refractivity contribution < 1.29 is 13.9 Å². The van der Waals surface area contributed by atoms with E-state index in [1.807, 2.05) is 28.8 Å². The van der Waals surface area contributed by atoms with Gasteiger partial charge in [-0.05, 0) is 24.3 Å². The van der Waals surface area contributed by atoms with Gasteiger partial charge in [0.2, 0.25) is 0 Å². The third-order valence-electron chi connectivity index (χ3n) is 4.66. The average Bonchev–Trinajstić information content (AvgIpc) is 3.14. The van der Waals surface area contributed by atoms with Crippen molar-refractivity contribution in [1.29, 1.82) is 0 Å². The van der Waals surface area contributed by atoms with Gasteiger partial charge in [0.15, 0.2) is 5.82 Å². The number of fused-ring (bicyclic) bond motifs is 2. The van der Waals surface area contributed by atoms with Crippen molar-refractivity contribution in [3.8, 4) is 0 Å². The number of carbonyl (C=O) groups excluding carboxylic acids is 1. The highest BCUT2D eigenvalue weighted by atomic mass is 19.1. The molecule has 126 valence electrons. The Morgan fingerprint density at radius 3 is 2.88 bits per heavy atom. The standard InChI is InChI=1S/C18H15FN4O2/c19-13-4-5-14(20-11-9-25-10-11)17-12(13)7-23(18(17)24)16-8-22-6-2-1-3-15(22)21-16/h1-6,8,11,20H,7,9-10H2. The van der Waals surface area contributed by atoms with Crippen molar-refractivity contribution in [3.05, 3.63) is 59.7 Å². The first-order valence-electron chi connectivity index (χ1n) is 8.12. The summed E-state index contributed by atoms with van der Waals surface area (Å²) >= 11 is 0. The maximum atomic E-state index is 14.3. The van der Waals surface area contributed by atoms with E-state index in [2.05, 4.69) is 10.3 Å². The SMILES string of the molecule is O=C1c2c(NC3COC3)ccc(F)c2CN1c1cn2ccccc2n1. The quantitative estimate of drug-likeness (QED) is 0.797. The minimum absolute atomic E-state index is 0.159. The zero-order valence-corrected chi connectivity index (χ0v) is 13.3. The Bertz CT molecular complexity index is 963. The fourth-order valence-corrected chi connectivity index (χ4v) is 3.28. The molecular weight excluding hydrogens is 323 g/mol. The molecule has 2 aliphatic rings. The van der Waals surface area contributed by atoms with Crippen molar-refractivity contribution in [1.82, 2.24) is 9.38 Å². The normalized spacial score (nSPS) is 17.0. The second-order valence-electron chi connectivity index (χ2n) is 6.28. The minimum Gasteiger partial charge on any atom is -0.377 e. The van der Waals surface area contributed by atoms with Crippen LogP contribution in [0.4, 0.5) is 15.9 Å². The first-order chi connectivity index (χ1) is 12.2. The van der Waals surface area contributed by atoms with Crippen LogP contribution >= 0.6 is 0 Å². The average molecular weight is 338 g/mol. The maximum Gasteiger partial charge on any atom is 0.262 e. The zero-order valence-electron chi connectivity index (χ0n) is 13.3. The number of anilines is 2. The van der Waals surface area contributed by atoms with Crippen LogP contribution in [-0.4, -0.2) is 34.5 Å². The van der Waals surface area contributed by atoms with Gasteiger partial charge < -0.3 is 14.5 Å². The molecule has 1 amide bonds. The molecule has 6 nitrogen and oxygen atoms in total. The molecule has 5 rings (SSSR count). The van der Waals surface area contributed by atoms with Crippen molar-refractivity contribution in [3.63, 3.8) is 0 Å². The molecule has 0 bridgehead atoms. The summed E-state index contributed by atoms with van der Waals surface area (Å²) in [5.41, 5.74) is 2.20. The number of imidazole rings is 1. The molecule has 4 heterocycles. The molecule has 3 aromatic rings. The van der Waals surface area contributed by atoms with Crippen LogP contribution in [-0.2, 0) is 11.3 Å². The van der Waals surface area contributed by atoms with Crippen LogP contribution in [0.1, 0.15) is 15.9 Å². The van der Waals surface area contributed by atoms with Crippen LogP contribution in [0.2, 0.25) is 0 Å². The van der Waals surface area contributed by atoms with Gasteiger partial charge in [0, 0.05) is 17.4 Å². The second-order valence-corrected chi connectivity index (χ2v) is 6.28. The predicted octanol–water partition coefficient (Wildman–Crippen LogP) is 2.44. The Labute approximate surface area is 142 Å². The fraction of sp³-hybridized carbons (Fsp3) is 0.222. The molecule has 1 aromatic carbocycles. The summed E-state index contributed by atoms with van der Waals surface area (Å²) in [6.07, 6.45) is 3.65. The van der Waals surface area contributed by atoms with E-state index < -0.39 is 0 Å². The van der Waals surface area contributed by atoms with Crippen LogP contribution in [0.5, 0.6) is 0 Å². The van der Waals surface area contributed by atoms with E-state index in [1.54, 1.807) is 12.3 Å². The Balaban J connectivity index is 1.55. The summed E-state index contributed by atoms with van der Waals surface area (Å²) in [5, 5.41) is 3.27. The number of nitrogens with zero attached hydrogens (tertiary/aromatic N) is 3. The summed E-state index contributed by atoms with van der Waals surface area (Å²) in [4.78, 5) is 19.0. The summed E-state index contributed by atoms with van der Waals surface area (Å²) < 4.78 is 21.3. The molecule has 0 radical (unpaired) electrons. The third kappa shape index (κ3) is 2.20. The van der Waals surface area contributed by atoms with E-state index >= 15 is 0 Å². The molecule has 0 atom stereocenters. The molecule has 2 aromatic heterocycles. The van der Waals surface area contributed by atoms with Gasteiger partial charge in [-0.2, -0.15) is 0 Å². The van der Waals surface area contributed by atoms with Gasteiger partial charge in [-0.3, -0.25) is 9.69 Å². The van der Waals surface area contributed by atoms with Gasteiger partial charge >= 0.3 is 0 Å². The Kier molecular flexibility index (Phi) is 3.05. The smallest absolute Gasteiger partial charge is 0.262 e. The van der Waals surface area contributed by atoms with E-state index in [4.69, 9.17) is 4.74 Å². The lowest BCUT2D eigenvalue weighted by molar-refractivity contribution is 0.0211. The molecule has 25 heavy (non-hydrogen) atoms. The lowest BCUT2D eigenvalue weighted by Crippen LogP contribution is -2.40. The second kappa shape index (κ2) is 5.29. The maximum absolute atomic E-state index is 14.3. The highest BCUT2D eigenvalue weighted by Crippen LogP contribution is 2.34. The van der Waals surface area contributed by atoms with Crippen LogP contribution in [0.25, 0.3) is 5.65 Å². The molecule has 1 fully saturated rings. The molecule has 0 unspecified atom stereocenters. The molecular formula is C18H15FN4O2. The number of halogens is 1. The Hall–Kier alpha value is -2.93. The molecule has 0 spiro atoms. The summed E-state index contributed by atoms with van der Waals surface area (Å²) in [6.45, 7) is 1.37. The molecule has 0 saturated carbocycles. The number of hydrogen-bond acceptors (Lipinski definition) is 4. The number of carbonyl (C=O) groups is 1. The highest BCUT2D eigenvalue weighted by Gasteiger charge is 2.35. The summed E-state index contributed by atoms with van der Waals surface area (Å²) in [7, 11) is 0. The van der Waals surface area contributed by atoms with E-state index in [-0.39, 0.29) is 24.3 Å².